The van der Waals surface area contributed by atoms with Crippen molar-refractivity contribution in [3.05, 3.63) is 120 Å². The van der Waals surface area contributed by atoms with Gasteiger partial charge in [-0.3, -0.25) is 14.6 Å². The van der Waals surface area contributed by atoms with E-state index in [4.69, 9.17) is 22.8 Å². The summed E-state index contributed by atoms with van der Waals surface area (Å²) < 4.78 is 35.3. The standard InChI is InChI=1S/C74H119N3O8Si3/c1-50(2)86(51(3)4,52(5)6)83-65(40-35-59-29-25-24-26-30-59)41-42-67-66(69(84-87(53(7)8,54(9)10)55(11)12)46-70(67)85-88(56(13)14,57(15)16)58(17)18)31-27-22-23-28-32-71(78)81-49-60-33-36-61(37-34-60)68(48-76-73(80)82-74(19,20)21)72(79)77-64-39-38-63-47-75-44-43-62(63)45-64/h22,24-27,29-30,33-34,36-39,43-45,47,50-58,65-70H,23,28,31-32,35,40-42,46,48-49H2,1-21H3,(H,76,80)(H,77,79)/b27-22-/t65-,66?,67+,68?,69-,70+/m0/s1. The Balaban J connectivity index is 1.37. The number of nitrogens with one attached hydrogen (secondary N) is 2. The first-order valence-electron chi connectivity index (χ1n) is 34.0. The number of pyridine rings is 1. The summed E-state index contributed by atoms with van der Waals surface area (Å²) in [6.07, 6.45) is 15.5. The van der Waals surface area contributed by atoms with Crippen molar-refractivity contribution in [2.75, 3.05) is 11.9 Å². The van der Waals surface area contributed by atoms with Crippen LogP contribution < -0.4 is 10.6 Å². The molecule has 5 rings (SSSR count). The number of carbonyl (C=O) groups excluding carboxylic acids is 3. The number of hydrogen-bond donors (Lipinski definition) is 2. The summed E-state index contributed by atoms with van der Waals surface area (Å²) >= 11 is 0. The number of esters is 1. The average molecular weight is 1260 g/mol. The van der Waals surface area contributed by atoms with E-state index in [0.717, 1.165) is 61.3 Å². The van der Waals surface area contributed by atoms with Crippen LogP contribution in [0.1, 0.15) is 219 Å². The molecule has 6 atom stereocenters. The summed E-state index contributed by atoms with van der Waals surface area (Å²) in [4.78, 5) is 44.3. The van der Waals surface area contributed by atoms with E-state index < -0.39 is 42.6 Å². The van der Waals surface area contributed by atoms with E-state index in [1.165, 1.54) is 5.56 Å². The van der Waals surface area contributed by atoms with Crippen LogP contribution in [0.15, 0.2) is 103 Å². The number of nitrogens with zero attached hydrogens (tertiary/aromatic N) is 1. The van der Waals surface area contributed by atoms with Gasteiger partial charge in [-0.1, -0.05) is 197 Å². The number of anilines is 1. The Morgan fingerprint density at radius 2 is 1.18 bits per heavy atom. The number of hydrogen-bond acceptors (Lipinski definition) is 9. The molecule has 0 spiro atoms. The van der Waals surface area contributed by atoms with Crippen molar-refractivity contribution in [2.45, 2.75) is 289 Å². The molecule has 4 aromatic rings. The van der Waals surface area contributed by atoms with E-state index in [9.17, 15) is 14.4 Å². The summed E-state index contributed by atoms with van der Waals surface area (Å²) in [5, 5.41) is 7.74. The molecule has 0 saturated heterocycles. The average Bonchev–Trinajstić information content (AvgIpc) is 3.88. The molecule has 0 radical (unpaired) electrons. The molecule has 0 bridgehead atoms. The molecule has 1 aliphatic carbocycles. The van der Waals surface area contributed by atoms with E-state index in [1.54, 1.807) is 33.2 Å². The third-order valence-corrected chi connectivity index (χ3v) is 38.2. The van der Waals surface area contributed by atoms with Crippen molar-refractivity contribution in [3.8, 4) is 0 Å². The fourth-order valence-electron chi connectivity index (χ4n) is 15.8. The van der Waals surface area contributed by atoms with Gasteiger partial charge in [0.25, 0.3) is 0 Å². The van der Waals surface area contributed by atoms with E-state index >= 15 is 0 Å². The predicted molar refractivity (Wildman–Crippen MR) is 375 cm³/mol. The molecule has 3 aromatic carbocycles. The van der Waals surface area contributed by atoms with Gasteiger partial charge in [0.15, 0.2) is 0 Å². The second-order valence-electron chi connectivity index (χ2n) is 29.5. The lowest BCUT2D eigenvalue weighted by molar-refractivity contribution is -0.145. The van der Waals surface area contributed by atoms with Gasteiger partial charge in [0.2, 0.25) is 30.9 Å². The van der Waals surface area contributed by atoms with Gasteiger partial charge in [0.05, 0.1) is 18.1 Å². The highest BCUT2D eigenvalue weighted by Gasteiger charge is 2.55. The number of allylic oxidation sites excluding steroid dienone is 2. The molecule has 1 saturated carbocycles. The van der Waals surface area contributed by atoms with E-state index in [2.05, 4.69) is 183 Å². The third-order valence-electron chi connectivity index (χ3n) is 19.8. The molecule has 1 fully saturated rings. The van der Waals surface area contributed by atoms with E-state index in [0.29, 0.717) is 79.9 Å². The molecule has 2 unspecified atom stereocenters. The van der Waals surface area contributed by atoms with Crippen LogP contribution in [0.25, 0.3) is 10.8 Å². The maximum Gasteiger partial charge on any atom is 0.407 e. The normalized spacial score (nSPS) is 17.9. The fourth-order valence-corrected chi connectivity index (χ4v) is 32.7. The molecule has 2 amide bonds. The molecule has 490 valence electrons. The number of ether oxygens (including phenoxy) is 2. The van der Waals surface area contributed by atoms with Crippen molar-refractivity contribution in [2.24, 2.45) is 11.8 Å². The second kappa shape index (κ2) is 33.7. The van der Waals surface area contributed by atoms with Gasteiger partial charge < -0.3 is 33.4 Å². The Bertz CT molecular complexity index is 2730. The smallest absolute Gasteiger partial charge is 0.407 e. The Kier molecular flexibility index (Phi) is 28.5. The van der Waals surface area contributed by atoms with Crippen LogP contribution in [-0.4, -0.2) is 78.4 Å². The number of rotatable bonds is 34. The van der Waals surface area contributed by atoms with Crippen LogP contribution in [0.4, 0.5) is 10.5 Å². The zero-order valence-electron chi connectivity index (χ0n) is 58.5. The monoisotopic (exact) mass is 1260 g/mol. The third kappa shape index (κ3) is 19.5. The lowest BCUT2D eigenvalue weighted by Crippen LogP contribution is -2.51. The first-order valence-corrected chi connectivity index (χ1v) is 40.4. The summed E-state index contributed by atoms with van der Waals surface area (Å²) in [6.45, 7) is 49.1. The highest BCUT2D eigenvalue weighted by molar-refractivity contribution is 6.78. The van der Waals surface area contributed by atoms with Crippen LogP contribution in [-0.2, 0) is 45.4 Å². The van der Waals surface area contributed by atoms with Gasteiger partial charge in [-0.05, 0) is 174 Å². The SMILES string of the molecule is CC(C)[Si](O[C@@H](CCc1ccccc1)CC[C@@H]1C(C/C=C\CCCC(=O)OCc2ccc(C(CNC(=O)OC(C)(C)C)C(=O)Nc3ccc4cnccc4c3)cc2)[C@@H](O[Si](C(C)C)(C(C)C)C(C)C)C[C@H]1O[Si](C(C)C)(C(C)C)C(C)C)(C(C)C)C(C)C. The van der Waals surface area contributed by atoms with Gasteiger partial charge in [-0.15, -0.1) is 0 Å². The largest absolute Gasteiger partial charge is 0.461 e. The number of unbranched alkanes of at least 4 members (excludes halogenated alkanes) is 1. The lowest BCUT2D eigenvalue weighted by atomic mass is 9.85. The maximum absolute atomic E-state index is 13.9. The van der Waals surface area contributed by atoms with Crippen molar-refractivity contribution >= 4 is 59.4 Å². The number of alkyl carbamates (subject to hydrolysis) is 1. The highest BCUT2D eigenvalue weighted by Crippen LogP contribution is 2.53. The topological polar surface area (TPSA) is 134 Å². The van der Waals surface area contributed by atoms with Gasteiger partial charge in [0.1, 0.15) is 12.2 Å². The second-order valence-corrected chi connectivity index (χ2v) is 45.8. The molecule has 88 heavy (non-hydrogen) atoms. The Morgan fingerprint density at radius 3 is 1.73 bits per heavy atom. The zero-order valence-corrected chi connectivity index (χ0v) is 61.5. The zero-order chi connectivity index (χ0) is 65.3. The van der Waals surface area contributed by atoms with Crippen LogP contribution in [0.2, 0.25) is 49.9 Å². The number of benzene rings is 3. The fraction of sp³-hybridized carbons (Fsp3) is 0.649. The molecule has 1 aromatic heterocycles. The molecular formula is C74H119N3O8Si3. The number of amides is 2. The quantitative estimate of drug-likeness (QED) is 0.0203. The van der Waals surface area contributed by atoms with Crippen LogP contribution >= 0.6 is 0 Å². The first-order chi connectivity index (χ1) is 41.4. The minimum atomic E-state index is -2.31. The van der Waals surface area contributed by atoms with Crippen LogP contribution in [0, 0.1) is 11.8 Å². The lowest BCUT2D eigenvalue weighted by Gasteiger charge is -2.46. The number of carbonyl (C=O) groups is 3. The molecule has 2 N–H and O–H groups in total. The van der Waals surface area contributed by atoms with Gasteiger partial charge in [-0.25, -0.2) is 4.79 Å². The number of aromatic nitrogens is 1. The van der Waals surface area contributed by atoms with E-state index in [-0.39, 0.29) is 49.3 Å². The maximum atomic E-state index is 13.9. The highest BCUT2D eigenvalue weighted by atomic mass is 28.4. The summed E-state index contributed by atoms with van der Waals surface area (Å²) in [5.74, 6) is -0.706. The summed E-state index contributed by atoms with van der Waals surface area (Å²) in [6, 6.07) is 26.0. The van der Waals surface area contributed by atoms with Gasteiger partial charge >= 0.3 is 12.1 Å². The number of fused-ring (bicyclic) bond motifs is 1. The first kappa shape index (κ1) is 74.3. The molecule has 0 aliphatic heterocycles. The Morgan fingerprint density at radius 1 is 0.625 bits per heavy atom. The van der Waals surface area contributed by atoms with Crippen molar-refractivity contribution in [1.29, 1.82) is 0 Å². The van der Waals surface area contributed by atoms with Crippen molar-refractivity contribution < 1.29 is 37.1 Å². The minimum Gasteiger partial charge on any atom is -0.461 e. The Hall–Kier alpha value is -4.45. The summed E-state index contributed by atoms with van der Waals surface area (Å²) in [5.41, 5.74) is 7.05. The van der Waals surface area contributed by atoms with Gasteiger partial charge in [0, 0.05) is 42.5 Å². The van der Waals surface area contributed by atoms with Crippen LogP contribution in [0.3, 0.4) is 0 Å². The van der Waals surface area contributed by atoms with Crippen molar-refractivity contribution in [3.63, 3.8) is 0 Å². The molecule has 14 heteroatoms. The van der Waals surface area contributed by atoms with Crippen LogP contribution in [0.5, 0.6) is 0 Å². The number of aryl methyl sites for hydroxylation is 1. The minimum absolute atomic E-state index is 0.0158. The van der Waals surface area contributed by atoms with Gasteiger partial charge in [-0.2, -0.15) is 0 Å². The molecular weight excluding hydrogens is 1140 g/mol. The van der Waals surface area contributed by atoms with E-state index in [1.807, 2.05) is 48.5 Å². The predicted octanol–water partition coefficient (Wildman–Crippen LogP) is 20.4. The molecule has 11 nitrogen and oxygen atoms in total. The van der Waals surface area contributed by atoms with Crippen molar-refractivity contribution in [1.82, 2.24) is 10.3 Å². The molecule has 1 heterocycles. The summed E-state index contributed by atoms with van der Waals surface area (Å²) in [7, 11) is -6.84. The Labute approximate surface area is 537 Å². The molecule has 1 aliphatic rings.